The van der Waals surface area contributed by atoms with E-state index < -0.39 is 11.6 Å². The van der Waals surface area contributed by atoms with E-state index in [1.807, 2.05) is 12.1 Å². The summed E-state index contributed by atoms with van der Waals surface area (Å²) in [5.74, 6) is 3.87. The van der Waals surface area contributed by atoms with Crippen molar-refractivity contribution in [2.24, 2.45) is 5.84 Å². The van der Waals surface area contributed by atoms with Crippen molar-refractivity contribution < 1.29 is 8.78 Å². The first-order chi connectivity index (χ1) is 9.10. The summed E-state index contributed by atoms with van der Waals surface area (Å²) in [5, 5.41) is 0. The molecule has 0 saturated heterocycles. The second-order valence-corrected chi connectivity index (χ2v) is 6.74. The number of hydrogen-bond acceptors (Lipinski definition) is 3. The lowest BCUT2D eigenvalue weighted by atomic mass is 10.0. The van der Waals surface area contributed by atoms with Gasteiger partial charge in [-0.25, -0.2) is 8.78 Å². The van der Waals surface area contributed by atoms with E-state index in [2.05, 4.69) is 21.4 Å². The smallest absolute Gasteiger partial charge is 0.162 e. The predicted octanol–water partition coefficient (Wildman–Crippen LogP) is 3.41. The molecule has 19 heavy (non-hydrogen) atoms. The number of hydrazine groups is 1. The van der Waals surface area contributed by atoms with Gasteiger partial charge in [-0.15, -0.1) is 11.3 Å². The van der Waals surface area contributed by atoms with Gasteiger partial charge in [0.25, 0.3) is 0 Å². The molecule has 0 radical (unpaired) electrons. The van der Waals surface area contributed by atoms with E-state index in [0.717, 1.165) is 14.7 Å². The fraction of sp³-hybridized carbons (Fsp3) is 0.231. The Morgan fingerprint density at radius 1 is 1.21 bits per heavy atom. The van der Waals surface area contributed by atoms with Crippen molar-refractivity contribution in [1.82, 2.24) is 5.43 Å². The molecule has 0 aliphatic carbocycles. The summed E-state index contributed by atoms with van der Waals surface area (Å²) < 4.78 is 27.8. The minimum absolute atomic E-state index is 0.137. The maximum absolute atomic E-state index is 13.6. The zero-order valence-electron chi connectivity index (χ0n) is 10.00. The highest BCUT2D eigenvalue weighted by atomic mass is 79.9. The summed E-state index contributed by atoms with van der Waals surface area (Å²) in [5.41, 5.74) is 2.99. The molecule has 1 heterocycles. The van der Waals surface area contributed by atoms with Crippen LogP contribution in [0.25, 0.3) is 0 Å². The van der Waals surface area contributed by atoms with Crippen LogP contribution in [0.3, 0.4) is 0 Å². The fourth-order valence-electron chi connectivity index (χ4n) is 1.87. The van der Waals surface area contributed by atoms with Crippen molar-refractivity contribution in [1.29, 1.82) is 0 Å². The molecule has 0 spiro atoms. The minimum Gasteiger partial charge on any atom is -0.271 e. The van der Waals surface area contributed by atoms with Crippen LogP contribution in [0.1, 0.15) is 10.4 Å². The normalized spacial score (nSPS) is 12.6. The van der Waals surface area contributed by atoms with Crippen molar-refractivity contribution in [3.8, 4) is 0 Å². The molecule has 1 atom stereocenters. The van der Waals surface area contributed by atoms with Gasteiger partial charge in [0, 0.05) is 10.9 Å². The molecule has 6 heteroatoms. The average molecular weight is 347 g/mol. The standard InChI is InChI=1S/C13H13BrF2N2S/c14-12-5-4-10(19-12)7-9(18-17)6-8-2-1-3-11(15)13(8)16/h1-5,9,18H,6-7,17H2. The van der Waals surface area contributed by atoms with Gasteiger partial charge in [0.1, 0.15) is 0 Å². The van der Waals surface area contributed by atoms with E-state index in [9.17, 15) is 8.78 Å². The molecule has 102 valence electrons. The lowest BCUT2D eigenvalue weighted by Crippen LogP contribution is -2.38. The highest BCUT2D eigenvalue weighted by Crippen LogP contribution is 2.24. The Labute approximate surface area is 122 Å². The SMILES string of the molecule is NNC(Cc1ccc(Br)s1)Cc1cccc(F)c1F. The molecule has 0 saturated carbocycles. The van der Waals surface area contributed by atoms with Crippen LogP contribution in [0.2, 0.25) is 0 Å². The summed E-state index contributed by atoms with van der Waals surface area (Å²) >= 11 is 4.99. The third-order valence-corrected chi connectivity index (χ3v) is 4.46. The van der Waals surface area contributed by atoms with Gasteiger partial charge in [-0.3, -0.25) is 11.3 Å². The van der Waals surface area contributed by atoms with Crippen LogP contribution < -0.4 is 11.3 Å². The highest BCUT2D eigenvalue weighted by molar-refractivity contribution is 9.11. The Hall–Kier alpha value is -0.820. The Bertz CT molecular complexity index is 559. The van der Waals surface area contributed by atoms with E-state index >= 15 is 0 Å². The summed E-state index contributed by atoms with van der Waals surface area (Å²) in [7, 11) is 0. The van der Waals surface area contributed by atoms with Crippen molar-refractivity contribution >= 4 is 27.3 Å². The van der Waals surface area contributed by atoms with Crippen LogP contribution in [0.5, 0.6) is 0 Å². The summed E-state index contributed by atoms with van der Waals surface area (Å²) in [4.78, 5) is 1.13. The molecule has 3 N–H and O–H groups in total. The van der Waals surface area contributed by atoms with Gasteiger partial charge in [-0.2, -0.15) is 0 Å². The molecule has 1 aromatic carbocycles. The molecule has 1 aromatic heterocycles. The number of nitrogens with two attached hydrogens (primary N) is 1. The van der Waals surface area contributed by atoms with E-state index in [0.29, 0.717) is 18.4 Å². The maximum Gasteiger partial charge on any atom is 0.162 e. The van der Waals surface area contributed by atoms with Crippen LogP contribution in [0, 0.1) is 11.6 Å². The first-order valence-electron chi connectivity index (χ1n) is 5.73. The van der Waals surface area contributed by atoms with Gasteiger partial charge >= 0.3 is 0 Å². The quantitative estimate of drug-likeness (QED) is 0.643. The lowest BCUT2D eigenvalue weighted by molar-refractivity contribution is 0.475. The Morgan fingerprint density at radius 2 is 2.00 bits per heavy atom. The van der Waals surface area contributed by atoms with Crippen LogP contribution in [-0.2, 0) is 12.8 Å². The molecular weight excluding hydrogens is 334 g/mol. The van der Waals surface area contributed by atoms with Gasteiger partial charge in [-0.05, 0) is 52.5 Å². The van der Waals surface area contributed by atoms with E-state index in [4.69, 9.17) is 5.84 Å². The third kappa shape index (κ3) is 3.82. The van der Waals surface area contributed by atoms with Gasteiger partial charge < -0.3 is 0 Å². The second kappa shape index (κ2) is 6.56. The van der Waals surface area contributed by atoms with E-state index in [-0.39, 0.29) is 6.04 Å². The number of halogens is 3. The van der Waals surface area contributed by atoms with Crippen molar-refractivity contribution in [3.05, 3.63) is 56.2 Å². The van der Waals surface area contributed by atoms with Crippen LogP contribution >= 0.6 is 27.3 Å². The van der Waals surface area contributed by atoms with Gasteiger partial charge in [0.05, 0.1) is 3.79 Å². The van der Waals surface area contributed by atoms with Gasteiger partial charge in [0.15, 0.2) is 11.6 Å². The molecule has 0 bridgehead atoms. The summed E-state index contributed by atoms with van der Waals surface area (Å²) in [6.45, 7) is 0. The third-order valence-electron chi connectivity index (χ3n) is 2.81. The summed E-state index contributed by atoms with van der Waals surface area (Å²) in [6.07, 6.45) is 1.01. The van der Waals surface area contributed by atoms with E-state index in [1.54, 1.807) is 17.4 Å². The zero-order valence-corrected chi connectivity index (χ0v) is 12.4. The molecule has 2 rings (SSSR count). The average Bonchev–Trinajstić information content (AvgIpc) is 2.79. The van der Waals surface area contributed by atoms with Crippen molar-refractivity contribution in [3.63, 3.8) is 0 Å². The number of hydrogen-bond donors (Lipinski definition) is 2. The summed E-state index contributed by atoms with van der Waals surface area (Å²) in [6, 6.07) is 8.00. The molecule has 0 amide bonds. The van der Waals surface area contributed by atoms with Crippen LogP contribution in [0.4, 0.5) is 8.78 Å². The molecule has 2 nitrogen and oxygen atoms in total. The van der Waals surface area contributed by atoms with Crippen LogP contribution in [-0.4, -0.2) is 6.04 Å². The Morgan fingerprint density at radius 3 is 2.63 bits per heavy atom. The monoisotopic (exact) mass is 346 g/mol. The molecule has 2 aromatic rings. The molecule has 0 aliphatic rings. The highest BCUT2D eigenvalue weighted by Gasteiger charge is 2.14. The Balaban J connectivity index is 2.08. The number of benzene rings is 1. The van der Waals surface area contributed by atoms with Crippen LogP contribution in [0.15, 0.2) is 34.1 Å². The molecule has 0 aliphatic heterocycles. The van der Waals surface area contributed by atoms with Crippen molar-refractivity contribution in [2.45, 2.75) is 18.9 Å². The Kier molecular flexibility index (Phi) is 5.04. The molecule has 1 unspecified atom stereocenters. The fourth-order valence-corrected chi connectivity index (χ4v) is 3.43. The first kappa shape index (κ1) is 14.6. The number of nitrogens with one attached hydrogen (secondary N) is 1. The lowest BCUT2D eigenvalue weighted by Gasteiger charge is -2.15. The second-order valence-electron chi connectivity index (χ2n) is 4.19. The number of rotatable bonds is 5. The van der Waals surface area contributed by atoms with Gasteiger partial charge in [0.2, 0.25) is 0 Å². The molecular formula is C13H13BrF2N2S. The topological polar surface area (TPSA) is 38.0 Å². The first-order valence-corrected chi connectivity index (χ1v) is 7.34. The predicted molar refractivity (Wildman–Crippen MR) is 76.9 cm³/mol. The largest absolute Gasteiger partial charge is 0.271 e. The zero-order chi connectivity index (χ0) is 13.8. The van der Waals surface area contributed by atoms with E-state index in [1.165, 1.54) is 6.07 Å². The maximum atomic E-state index is 13.6. The minimum atomic E-state index is -0.827. The van der Waals surface area contributed by atoms with Crippen molar-refractivity contribution in [2.75, 3.05) is 0 Å². The van der Waals surface area contributed by atoms with Gasteiger partial charge in [-0.1, -0.05) is 12.1 Å². The molecule has 0 fully saturated rings. The number of thiophene rings is 1.